The number of carboxylic acid groups (broad SMARTS) is 1. The molecule has 0 spiro atoms. The summed E-state index contributed by atoms with van der Waals surface area (Å²) < 4.78 is 5.32. The minimum absolute atomic E-state index is 0.444. The Morgan fingerprint density at radius 3 is 2.76 bits per heavy atom. The molecule has 0 fully saturated rings. The maximum Gasteiger partial charge on any atom is 0.407 e. The van der Waals surface area contributed by atoms with E-state index in [1.807, 2.05) is 25.1 Å². The lowest BCUT2D eigenvalue weighted by Gasteiger charge is -2.13. The van der Waals surface area contributed by atoms with Crippen molar-refractivity contribution in [2.45, 2.75) is 13.3 Å². The summed E-state index contributed by atoms with van der Waals surface area (Å²) in [5.41, 5.74) is 0.992. The van der Waals surface area contributed by atoms with Crippen LogP contribution < -0.4 is 4.74 Å². The van der Waals surface area contributed by atoms with Crippen LogP contribution in [0.1, 0.15) is 12.5 Å². The van der Waals surface area contributed by atoms with Gasteiger partial charge in [-0.15, -0.1) is 0 Å². The molecule has 1 aromatic rings. The highest BCUT2D eigenvalue weighted by Crippen LogP contribution is 2.25. The van der Waals surface area contributed by atoms with E-state index in [-0.39, 0.29) is 0 Å². The summed E-state index contributed by atoms with van der Waals surface area (Å²) in [5.74, 6) is 0.657. The van der Waals surface area contributed by atoms with Crippen molar-refractivity contribution in [3.8, 4) is 5.75 Å². The number of amides is 1. The molecular weight excluding hydrogens is 242 g/mol. The maximum absolute atomic E-state index is 10.6. The molecule has 17 heavy (non-hydrogen) atoms. The first-order valence-electron chi connectivity index (χ1n) is 5.40. The summed E-state index contributed by atoms with van der Waals surface area (Å²) >= 11 is 6.03. The first-order valence-corrected chi connectivity index (χ1v) is 5.77. The van der Waals surface area contributed by atoms with Crippen molar-refractivity contribution in [1.82, 2.24) is 4.90 Å². The van der Waals surface area contributed by atoms with Crippen molar-refractivity contribution in [1.29, 1.82) is 0 Å². The van der Waals surface area contributed by atoms with Crippen LogP contribution in [-0.4, -0.2) is 36.3 Å². The van der Waals surface area contributed by atoms with Gasteiger partial charge >= 0.3 is 6.09 Å². The summed E-state index contributed by atoms with van der Waals surface area (Å²) in [6.07, 6.45) is -0.295. The molecule has 0 atom stereocenters. The highest BCUT2D eigenvalue weighted by Gasteiger charge is 2.07. The number of likely N-dealkylation sites (N-methyl/N-ethyl adjacent to an activating group) is 1. The van der Waals surface area contributed by atoms with Gasteiger partial charge in [0.2, 0.25) is 0 Å². The van der Waals surface area contributed by atoms with Gasteiger partial charge in [0.05, 0.1) is 11.6 Å². The second-order valence-electron chi connectivity index (χ2n) is 3.65. The Kier molecular flexibility index (Phi) is 5.10. The highest BCUT2D eigenvalue weighted by molar-refractivity contribution is 6.32. The predicted molar refractivity (Wildman–Crippen MR) is 67.0 cm³/mol. The highest BCUT2D eigenvalue weighted by atomic mass is 35.5. The van der Waals surface area contributed by atoms with Gasteiger partial charge in [0.15, 0.2) is 0 Å². The van der Waals surface area contributed by atoms with Gasteiger partial charge in [-0.3, -0.25) is 0 Å². The number of rotatable bonds is 5. The van der Waals surface area contributed by atoms with Crippen LogP contribution in [0.2, 0.25) is 5.02 Å². The van der Waals surface area contributed by atoms with E-state index in [2.05, 4.69) is 0 Å². The molecule has 1 amide bonds. The number of carbonyl (C=O) groups is 1. The van der Waals surface area contributed by atoms with Gasteiger partial charge in [-0.25, -0.2) is 4.79 Å². The fraction of sp³-hybridized carbons (Fsp3) is 0.417. The zero-order chi connectivity index (χ0) is 12.8. The molecule has 0 heterocycles. The minimum Gasteiger partial charge on any atom is -0.492 e. The molecule has 94 valence electrons. The van der Waals surface area contributed by atoms with E-state index in [0.29, 0.717) is 30.3 Å². The number of nitrogens with zero attached hydrogens (tertiary/aromatic N) is 1. The molecule has 0 unspecified atom stereocenters. The molecule has 1 rings (SSSR count). The van der Waals surface area contributed by atoms with Crippen molar-refractivity contribution >= 4 is 17.7 Å². The Morgan fingerprint density at radius 1 is 1.53 bits per heavy atom. The van der Waals surface area contributed by atoms with E-state index < -0.39 is 6.09 Å². The Hall–Kier alpha value is -1.42. The second-order valence-corrected chi connectivity index (χ2v) is 4.06. The summed E-state index contributed by atoms with van der Waals surface area (Å²) in [6, 6.07) is 5.51. The molecule has 0 aliphatic carbocycles. The monoisotopic (exact) mass is 257 g/mol. The molecule has 0 aliphatic heterocycles. The smallest absolute Gasteiger partial charge is 0.407 e. The average molecular weight is 258 g/mol. The van der Waals surface area contributed by atoms with E-state index in [1.54, 1.807) is 7.05 Å². The van der Waals surface area contributed by atoms with Crippen LogP contribution in [0.4, 0.5) is 4.79 Å². The summed E-state index contributed by atoms with van der Waals surface area (Å²) in [7, 11) is 1.54. The summed E-state index contributed by atoms with van der Waals surface area (Å²) in [5, 5.41) is 9.27. The van der Waals surface area contributed by atoms with E-state index in [4.69, 9.17) is 21.4 Å². The predicted octanol–water partition coefficient (Wildman–Crippen LogP) is 2.89. The number of hydrogen-bond donors (Lipinski definition) is 1. The van der Waals surface area contributed by atoms with Gasteiger partial charge in [0.1, 0.15) is 5.75 Å². The fourth-order valence-corrected chi connectivity index (χ4v) is 1.62. The quantitative estimate of drug-likeness (QED) is 0.882. The minimum atomic E-state index is -0.929. The molecule has 0 saturated heterocycles. The number of halogens is 1. The van der Waals surface area contributed by atoms with Crippen LogP contribution in [-0.2, 0) is 6.42 Å². The SMILES string of the molecule is CCOc1ccc(CCN(C)C(=O)O)cc1Cl. The molecule has 1 N–H and O–H groups in total. The molecule has 1 aromatic carbocycles. The average Bonchev–Trinajstić information content (AvgIpc) is 2.29. The van der Waals surface area contributed by atoms with Gasteiger partial charge in [-0.05, 0) is 31.0 Å². The second kappa shape index (κ2) is 6.35. The van der Waals surface area contributed by atoms with E-state index in [9.17, 15) is 4.79 Å². The lowest BCUT2D eigenvalue weighted by molar-refractivity contribution is 0.156. The van der Waals surface area contributed by atoms with Crippen molar-refractivity contribution in [2.75, 3.05) is 20.2 Å². The van der Waals surface area contributed by atoms with Gasteiger partial charge in [0.25, 0.3) is 0 Å². The third-order valence-electron chi connectivity index (χ3n) is 2.36. The summed E-state index contributed by atoms with van der Waals surface area (Å²) in [4.78, 5) is 11.8. The Bertz CT molecular complexity index is 395. The Morgan fingerprint density at radius 2 is 2.24 bits per heavy atom. The Labute approximate surface area is 106 Å². The van der Waals surface area contributed by atoms with Crippen LogP contribution in [0.25, 0.3) is 0 Å². The molecule has 4 nitrogen and oxygen atoms in total. The molecule has 0 radical (unpaired) electrons. The molecule has 5 heteroatoms. The van der Waals surface area contributed by atoms with Crippen molar-refractivity contribution < 1.29 is 14.6 Å². The van der Waals surface area contributed by atoms with Gasteiger partial charge in [0, 0.05) is 13.6 Å². The van der Waals surface area contributed by atoms with Crippen molar-refractivity contribution in [2.24, 2.45) is 0 Å². The molecule has 0 bridgehead atoms. The van der Waals surface area contributed by atoms with Crippen LogP contribution in [0.15, 0.2) is 18.2 Å². The summed E-state index contributed by atoms with van der Waals surface area (Å²) in [6.45, 7) is 2.91. The standard InChI is InChI=1S/C12H16ClNO3/c1-3-17-11-5-4-9(8-10(11)13)6-7-14(2)12(15)16/h4-5,8H,3,6-7H2,1-2H3,(H,15,16). The largest absolute Gasteiger partial charge is 0.492 e. The Balaban J connectivity index is 2.61. The van der Waals surface area contributed by atoms with Crippen molar-refractivity contribution in [3.63, 3.8) is 0 Å². The van der Waals surface area contributed by atoms with E-state index in [0.717, 1.165) is 5.56 Å². The zero-order valence-electron chi connectivity index (χ0n) is 9.94. The third kappa shape index (κ3) is 4.15. The number of benzene rings is 1. The van der Waals surface area contributed by atoms with Crippen LogP contribution in [0, 0.1) is 0 Å². The number of hydrogen-bond acceptors (Lipinski definition) is 2. The third-order valence-corrected chi connectivity index (χ3v) is 2.65. The topological polar surface area (TPSA) is 49.8 Å². The fourth-order valence-electron chi connectivity index (χ4n) is 1.36. The molecule has 0 aromatic heterocycles. The molecular formula is C12H16ClNO3. The first-order chi connectivity index (χ1) is 8.04. The zero-order valence-corrected chi connectivity index (χ0v) is 10.7. The van der Waals surface area contributed by atoms with E-state index >= 15 is 0 Å². The van der Waals surface area contributed by atoms with Crippen LogP contribution in [0.5, 0.6) is 5.75 Å². The van der Waals surface area contributed by atoms with Crippen molar-refractivity contribution in [3.05, 3.63) is 28.8 Å². The van der Waals surface area contributed by atoms with Crippen LogP contribution >= 0.6 is 11.6 Å². The maximum atomic E-state index is 10.6. The number of ether oxygens (including phenoxy) is 1. The first kappa shape index (κ1) is 13.6. The van der Waals surface area contributed by atoms with E-state index in [1.165, 1.54) is 4.90 Å². The molecule has 0 saturated carbocycles. The lowest BCUT2D eigenvalue weighted by Crippen LogP contribution is -2.26. The van der Waals surface area contributed by atoms with Crippen LogP contribution in [0.3, 0.4) is 0 Å². The van der Waals surface area contributed by atoms with Gasteiger partial charge in [-0.2, -0.15) is 0 Å². The van der Waals surface area contributed by atoms with Gasteiger partial charge < -0.3 is 14.7 Å². The molecule has 0 aliphatic rings. The van der Waals surface area contributed by atoms with Gasteiger partial charge in [-0.1, -0.05) is 17.7 Å². The lowest BCUT2D eigenvalue weighted by atomic mass is 10.1. The normalized spacial score (nSPS) is 10.1.